The smallest absolute Gasteiger partial charge is 0.253 e. The highest BCUT2D eigenvalue weighted by atomic mass is 19.1. The van der Waals surface area contributed by atoms with Crippen LogP contribution in [0.25, 0.3) is 0 Å². The first kappa shape index (κ1) is 12.0. The molecular formula is C15H15FN2O. The summed E-state index contributed by atoms with van der Waals surface area (Å²) < 4.78 is 13.6. The maximum absolute atomic E-state index is 13.6. The molecule has 1 aromatic heterocycles. The van der Waals surface area contributed by atoms with Crippen LogP contribution in [0.15, 0.2) is 30.6 Å². The molecule has 0 bridgehead atoms. The van der Waals surface area contributed by atoms with E-state index in [1.165, 1.54) is 6.07 Å². The number of halogens is 1. The zero-order valence-corrected chi connectivity index (χ0v) is 10.7. The fourth-order valence-electron chi connectivity index (χ4n) is 2.68. The van der Waals surface area contributed by atoms with E-state index in [0.29, 0.717) is 12.0 Å². The summed E-state index contributed by atoms with van der Waals surface area (Å²) >= 11 is 0. The quantitative estimate of drug-likeness (QED) is 0.854. The number of nitrogens with one attached hydrogen (secondary N) is 2. The van der Waals surface area contributed by atoms with Gasteiger partial charge >= 0.3 is 0 Å². The van der Waals surface area contributed by atoms with Gasteiger partial charge in [-0.2, -0.15) is 0 Å². The average Bonchev–Trinajstić information content (AvgIpc) is 2.97. The number of rotatable bonds is 2. The largest absolute Gasteiger partial charge is 0.367 e. The van der Waals surface area contributed by atoms with Crippen molar-refractivity contribution in [2.75, 3.05) is 0 Å². The topological polar surface area (TPSA) is 44.9 Å². The first-order valence-corrected chi connectivity index (χ1v) is 6.38. The van der Waals surface area contributed by atoms with Gasteiger partial charge in [0.2, 0.25) is 0 Å². The lowest BCUT2D eigenvalue weighted by atomic mass is 10.1. The van der Waals surface area contributed by atoms with Gasteiger partial charge in [-0.3, -0.25) is 4.79 Å². The summed E-state index contributed by atoms with van der Waals surface area (Å²) in [6.07, 6.45) is 4.91. The molecule has 1 atom stereocenters. The van der Waals surface area contributed by atoms with Crippen LogP contribution in [0.2, 0.25) is 0 Å². The van der Waals surface area contributed by atoms with Crippen LogP contribution in [0.5, 0.6) is 0 Å². The molecule has 0 aliphatic heterocycles. The Morgan fingerprint density at radius 3 is 3.00 bits per heavy atom. The molecule has 0 fully saturated rings. The van der Waals surface area contributed by atoms with Crippen LogP contribution < -0.4 is 5.32 Å². The molecular weight excluding hydrogens is 243 g/mol. The Morgan fingerprint density at radius 1 is 1.42 bits per heavy atom. The first-order valence-electron chi connectivity index (χ1n) is 6.38. The molecule has 98 valence electrons. The number of hydrogen-bond donors (Lipinski definition) is 2. The standard InChI is InChI=1S/C15H15FN2O/c1-9-7-17-8-12(9)15(19)18-14-6-5-10-11(14)3-2-4-13(10)16/h2-4,7-8,14,17H,5-6H2,1H3,(H,18,19). The Hall–Kier alpha value is -2.10. The van der Waals surface area contributed by atoms with Crippen LogP contribution in [0, 0.1) is 12.7 Å². The Bertz CT molecular complexity index is 633. The van der Waals surface area contributed by atoms with Gasteiger partial charge in [0.05, 0.1) is 11.6 Å². The molecule has 19 heavy (non-hydrogen) atoms. The van der Waals surface area contributed by atoms with Crippen molar-refractivity contribution in [2.45, 2.75) is 25.8 Å². The van der Waals surface area contributed by atoms with E-state index in [2.05, 4.69) is 10.3 Å². The third-order valence-corrected chi connectivity index (χ3v) is 3.72. The molecule has 1 unspecified atom stereocenters. The van der Waals surface area contributed by atoms with Crippen molar-refractivity contribution in [3.8, 4) is 0 Å². The van der Waals surface area contributed by atoms with Crippen LogP contribution in [-0.2, 0) is 6.42 Å². The normalized spacial score (nSPS) is 17.3. The number of aromatic amines is 1. The monoisotopic (exact) mass is 258 g/mol. The first-order chi connectivity index (χ1) is 9.16. The van der Waals surface area contributed by atoms with Crippen LogP contribution in [0.3, 0.4) is 0 Å². The van der Waals surface area contributed by atoms with Gasteiger partial charge in [0.1, 0.15) is 5.82 Å². The lowest BCUT2D eigenvalue weighted by molar-refractivity contribution is 0.0936. The number of aromatic nitrogens is 1. The van der Waals surface area contributed by atoms with Gasteiger partial charge < -0.3 is 10.3 Å². The number of aryl methyl sites for hydroxylation is 1. The molecule has 1 aromatic carbocycles. The SMILES string of the molecule is Cc1c[nH]cc1C(=O)NC1CCc2c(F)cccc21. The van der Waals surface area contributed by atoms with E-state index in [9.17, 15) is 9.18 Å². The number of benzene rings is 1. The molecule has 2 aromatic rings. The molecule has 4 heteroatoms. The molecule has 1 amide bonds. The lowest BCUT2D eigenvalue weighted by Gasteiger charge is -2.14. The molecule has 0 radical (unpaired) electrons. The lowest BCUT2D eigenvalue weighted by Crippen LogP contribution is -2.27. The van der Waals surface area contributed by atoms with E-state index >= 15 is 0 Å². The summed E-state index contributed by atoms with van der Waals surface area (Å²) in [7, 11) is 0. The number of amides is 1. The Labute approximate surface area is 110 Å². The number of fused-ring (bicyclic) bond motifs is 1. The van der Waals surface area contributed by atoms with Crippen molar-refractivity contribution < 1.29 is 9.18 Å². The van der Waals surface area contributed by atoms with Gasteiger partial charge in [0, 0.05) is 12.4 Å². The van der Waals surface area contributed by atoms with Crippen LogP contribution in [0.1, 0.15) is 39.5 Å². The third kappa shape index (κ3) is 2.03. The number of H-pyrrole nitrogens is 1. The average molecular weight is 258 g/mol. The number of carbonyl (C=O) groups excluding carboxylic acids is 1. The van der Waals surface area contributed by atoms with E-state index < -0.39 is 0 Å². The van der Waals surface area contributed by atoms with E-state index in [-0.39, 0.29) is 17.8 Å². The van der Waals surface area contributed by atoms with Crippen LogP contribution in [-0.4, -0.2) is 10.9 Å². The Morgan fingerprint density at radius 2 is 2.26 bits per heavy atom. The molecule has 0 spiro atoms. The highest BCUT2D eigenvalue weighted by Gasteiger charge is 2.26. The molecule has 1 heterocycles. The van der Waals surface area contributed by atoms with Crippen LogP contribution >= 0.6 is 0 Å². The second-order valence-corrected chi connectivity index (χ2v) is 4.92. The zero-order chi connectivity index (χ0) is 13.4. The van der Waals surface area contributed by atoms with Crippen molar-refractivity contribution in [3.63, 3.8) is 0 Å². The Balaban J connectivity index is 1.82. The second kappa shape index (κ2) is 4.53. The highest BCUT2D eigenvalue weighted by molar-refractivity contribution is 5.95. The third-order valence-electron chi connectivity index (χ3n) is 3.72. The van der Waals surface area contributed by atoms with Crippen molar-refractivity contribution in [1.29, 1.82) is 0 Å². The predicted octanol–water partition coefficient (Wildman–Crippen LogP) is 2.88. The second-order valence-electron chi connectivity index (χ2n) is 4.92. The number of hydrogen-bond acceptors (Lipinski definition) is 1. The maximum atomic E-state index is 13.6. The molecule has 0 saturated carbocycles. The van der Waals surface area contributed by atoms with Gasteiger partial charge in [-0.1, -0.05) is 12.1 Å². The molecule has 3 nitrogen and oxygen atoms in total. The van der Waals surface area contributed by atoms with E-state index in [4.69, 9.17) is 0 Å². The van der Waals surface area contributed by atoms with E-state index in [1.54, 1.807) is 18.5 Å². The summed E-state index contributed by atoms with van der Waals surface area (Å²) in [6.45, 7) is 1.88. The summed E-state index contributed by atoms with van der Waals surface area (Å²) in [5.41, 5.74) is 3.19. The zero-order valence-electron chi connectivity index (χ0n) is 10.7. The molecule has 3 rings (SSSR count). The summed E-state index contributed by atoms with van der Waals surface area (Å²) in [5.74, 6) is -0.284. The fraction of sp³-hybridized carbons (Fsp3) is 0.267. The molecule has 0 saturated heterocycles. The van der Waals surface area contributed by atoms with Gasteiger partial charge in [0.15, 0.2) is 0 Å². The van der Waals surface area contributed by atoms with Crippen LogP contribution in [0.4, 0.5) is 4.39 Å². The number of carbonyl (C=O) groups is 1. The highest BCUT2D eigenvalue weighted by Crippen LogP contribution is 2.32. The molecule has 1 aliphatic carbocycles. The molecule has 2 N–H and O–H groups in total. The van der Waals surface area contributed by atoms with Gasteiger partial charge in [0.25, 0.3) is 5.91 Å². The van der Waals surface area contributed by atoms with Crippen molar-refractivity contribution in [1.82, 2.24) is 10.3 Å². The minimum atomic E-state index is -0.174. The summed E-state index contributed by atoms with van der Waals surface area (Å²) in [4.78, 5) is 15.1. The van der Waals surface area contributed by atoms with Crippen molar-refractivity contribution >= 4 is 5.91 Å². The molecule has 1 aliphatic rings. The van der Waals surface area contributed by atoms with Gasteiger partial charge in [-0.05, 0) is 42.5 Å². The summed E-state index contributed by atoms with van der Waals surface area (Å²) in [5, 5.41) is 2.98. The predicted molar refractivity (Wildman–Crippen MR) is 70.5 cm³/mol. The van der Waals surface area contributed by atoms with Crippen molar-refractivity contribution in [3.05, 3.63) is 58.7 Å². The minimum absolute atomic E-state index is 0.0903. The fourth-order valence-corrected chi connectivity index (χ4v) is 2.68. The van der Waals surface area contributed by atoms with Gasteiger partial charge in [-0.25, -0.2) is 4.39 Å². The van der Waals surface area contributed by atoms with Crippen molar-refractivity contribution in [2.24, 2.45) is 0 Å². The Kier molecular flexibility index (Phi) is 2.85. The van der Waals surface area contributed by atoms with Gasteiger partial charge in [-0.15, -0.1) is 0 Å². The van der Waals surface area contributed by atoms with E-state index in [1.807, 2.05) is 13.0 Å². The maximum Gasteiger partial charge on any atom is 0.253 e. The van der Waals surface area contributed by atoms with E-state index in [0.717, 1.165) is 23.1 Å². The summed E-state index contributed by atoms with van der Waals surface area (Å²) in [6, 6.07) is 4.97. The minimum Gasteiger partial charge on any atom is -0.367 e.